The summed E-state index contributed by atoms with van der Waals surface area (Å²) in [6, 6.07) is 28.2. The molecule has 0 spiro atoms. The number of carbonyl (C=O) groups excluding carboxylic acids is 1. The van der Waals surface area contributed by atoms with Crippen LogP contribution in [0.4, 0.5) is 5.69 Å². The SMILES string of the molecule is CCN(CC)CC(=O)N(CCCNc1ccnc2cc(Cl)ccc12)C(c1ccccc1)c1ccccc1. The number of fused-ring (bicyclic) bond motifs is 1. The average Bonchev–Trinajstić information content (AvgIpc) is 2.94. The Bertz CT molecular complexity index is 1240. The zero-order valence-corrected chi connectivity index (χ0v) is 22.4. The summed E-state index contributed by atoms with van der Waals surface area (Å²) in [6.07, 6.45) is 2.60. The Morgan fingerprint density at radius 3 is 2.19 bits per heavy atom. The second-order valence-corrected chi connectivity index (χ2v) is 9.51. The largest absolute Gasteiger partial charge is 0.384 e. The summed E-state index contributed by atoms with van der Waals surface area (Å²) >= 11 is 6.15. The first-order valence-electron chi connectivity index (χ1n) is 13.0. The highest BCUT2D eigenvalue weighted by Crippen LogP contribution is 2.29. The fourth-order valence-corrected chi connectivity index (χ4v) is 4.86. The zero-order valence-electron chi connectivity index (χ0n) is 21.6. The van der Waals surface area contributed by atoms with Crippen molar-refractivity contribution in [2.75, 3.05) is 38.0 Å². The number of nitrogens with zero attached hydrogens (tertiary/aromatic N) is 3. The highest BCUT2D eigenvalue weighted by atomic mass is 35.5. The molecule has 0 bridgehead atoms. The van der Waals surface area contributed by atoms with Gasteiger partial charge in [0.1, 0.15) is 0 Å². The van der Waals surface area contributed by atoms with Crippen LogP contribution in [0.1, 0.15) is 37.4 Å². The molecule has 1 amide bonds. The van der Waals surface area contributed by atoms with Gasteiger partial charge in [-0.15, -0.1) is 0 Å². The molecule has 37 heavy (non-hydrogen) atoms. The van der Waals surface area contributed by atoms with Crippen molar-refractivity contribution in [1.29, 1.82) is 0 Å². The molecular weight excluding hydrogens is 480 g/mol. The van der Waals surface area contributed by atoms with E-state index in [1.54, 1.807) is 6.20 Å². The summed E-state index contributed by atoms with van der Waals surface area (Å²) in [6.45, 7) is 7.67. The van der Waals surface area contributed by atoms with E-state index in [-0.39, 0.29) is 11.9 Å². The number of halogens is 1. The minimum atomic E-state index is -0.144. The van der Waals surface area contributed by atoms with E-state index in [0.29, 0.717) is 18.1 Å². The molecule has 1 heterocycles. The summed E-state index contributed by atoms with van der Waals surface area (Å²) in [5, 5.41) is 5.26. The second kappa shape index (κ2) is 13.2. The van der Waals surface area contributed by atoms with Crippen LogP contribution in [0.5, 0.6) is 0 Å². The van der Waals surface area contributed by atoms with Crippen LogP contribution >= 0.6 is 11.6 Å². The van der Waals surface area contributed by atoms with Crippen LogP contribution < -0.4 is 5.32 Å². The molecule has 5 nitrogen and oxygen atoms in total. The standard InChI is InChI=1S/C31H35ClN4O/c1-3-35(4-2)23-30(37)36(31(24-12-7-5-8-13-24)25-14-9-6-10-15-25)21-11-19-33-28-18-20-34-29-22-26(32)16-17-27(28)29/h5-10,12-18,20,22,31H,3-4,11,19,21,23H2,1-2H3,(H,33,34). The number of nitrogens with one attached hydrogen (secondary N) is 1. The fourth-order valence-electron chi connectivity index (χ4n) is 4.70. The van der Waals surface area contributed by atoms with E-state index in [9.17, 15) is 4.79 Å². The summed E-state index contributed by atoms with van der Waals surface area (Å²) in [5.41, 5.74) is 4.12. The molecule has 0 saturated heterocycles. The molecule has 4 aromatic rings. The number of likely N-dealkylation sites (N-methyl/N-ethyl adjacent to an activating group) is 1. The van der Waals surface area contributed by atoms with E-state index >= 15 is 0 Å². The van der Waals surface area contributed by atoms with Crippen molar-refractivity contribution < 1.29 is 4.79 Å². The van der Waals surface area contributed by atoms with Gasteiger partial charge in [-0.05, 0) is 54.9 Å². The maximum atomic E-state index is 13.8. The number of anilines is 1. The van der Waals surface area contributed by atoms with Gasteiger partial charge in [-0.25, -0.2) is 0 Å². The summed E-state index contributed by atoms with van der Waals surface area (Å²) < 4.78 is 0. The predicted octanol–water partition coefficient (Wildman–Crippen LogP) is 6.65. The van der Waals surface area contributed by atoms with Crippen LogP contribution in [0.3, 0.4) is 0 Å². The topological polar surface area (TPSA) is 48.5 Å². The number of amides is 1. The first-order valence-corrected chi connectivity index (χ1v) is 13.4. The molecule has 4 rings (SSSR count). The summed E-state index contributed by atoms with van der Waals surface area (Å²) in [7, 11) is 0. The molecule has 0 unspecified atom stereocenters. The highest BCUT2D eigenvalue weighted by molar-refractivity contribution is 6.31. The first-order chi connectivity index (χ1) is 18.1. The van der Waals surface area contributed by atoms with E-state index in [4.69, 9.17) is 11.6 Å². The fraction of sp³-hybridized carbons (Fsp3) is 0.290. The van der Waals surface area contributed by atoms with Crippen molar-refractivity contribution in [2.24, 2.45) is 0 Å². The number of aromatic nitrogens is 1. The van der Waals surface area contributed by atoms with Gasteiger partial charge < -0.3 is 10.2 Å². The lowest BCUT2D eigenvalue weighted by Gasteiger charge is -2.34. The van der Waals surface area contributed by atoms with Crippen LogP contribution in [-0.2, 0) is 4.79 Å². The Hall–Kier alpha value is -3.41. The second-order valence-electron chi connectivity index (χ2n) is 9.07. The van der Waals surface area contributed by atoms with Crippen LogP contribution in [0, 0.1) is 0 Å². The number of pyridine rings is 1. The molecule has 0 aliphatic rings. The maximum absolute atomic E-state index is 13.8. The lowest BCUT2D eigenvalue weighted by Crippen LogP contribution is -2.43. The molecule has 192 valence electrons. The van der Waals surface area contributed by atoms with Gasteiger partial charge in [-0.3, -0.25) is 14.7 Å². The van der Waals surface area contributed by atoms with E-state index in [0.717, 1.165) is 53.8 Å². The Morgan fingerprint density at radius 2 is 1.57 bits per heavy atom. The highest BCUT2D eigenvalue weighted by Gasteiger charge is 2.27. The van der Waals surface area contributed by atoms with Crippen molar-refractivity contribution in [3.8, 4) is 0 Å². The first kappa shape index (κ1) is 26.6. The van der Waals surface area contributed by atoms with Gasteiger partial charge in [0, 0.05) is 35.4 Å². The smallest absolute Gasteiger partial charge is 0.237 e. The van der Waals surface area contributed by atoms with Crippen LogP contribution in [-0.4, -0.2) is 53.4 Å². The van der Waals surface area contributed by atoms with Crippen LogP contribution in [0.2, 0.25) is 5.02 Å². The minimum Gasteiger partial charge on any atom is -0.384 e. The number of carbonyl (C=O) groups is 1. The quantitative estimate of drug-likeness (QED) is 0.215. The van der Waals surface area contributed by atoms with Crippen LogP contribution in [0.15, 0.2) is 91.1 Å². The minimum absolute atomic E-state index is 0.144. The van der Waals surface area contributed by atoms with Gasteiger partial charge in [-0.2, -0.15) is 0 Å². The third-order valence-electron chi connectivity index (χ3n) is 6.71. The van der Waals surface area contributed by atoms with Gasteiger partial charge in [-0.1, -0.05) is 86.1 Å². The molecule has 3 aromatic carbocycles. The third-order valence-corrected chi connectivity index (χ3v) is 6.95. The Kier molecular flexibility index (Phi) is 9.52. The van der Waals surface area contributed by atoms with E-state index in [2.05, 4.69) is 58.2 Å². The van der Waals surface area contributed by atoms with Gasteiger partial charge in [0.25, 0.3) is 0 Å². The molecule has 0 atom stereocenters. The molecule has 1 aromatic heterocycles. The monoisotopic (exact) mass is 514 g/mol. The number of benzene rings is 3. The molecule has 6 heteroatoms. The van der Waals surface area contributed by atoms with Crippen molar-refractivity contribution in [3.63, 3.8) is 0 Å². The van der Waals surface area contributed by atoms with Gasteiger partial charge in [0.2, 0.25) is 5.91 Å². The van der Waals surface area contributed by atoms with E-state index in [1.165, 1.54) is 0 Å². The van der Waals surface area contributed by atoms with Crippen molar-refractivity contribution in [1.82, 2.24) is 14.8 Å². The third kappa shape index (κ3) is 6.88. The number of hydrogen-bond acceptors (Lipinski definition) is 4. The summed E-state index contributed by atoms with van der Waals surface area (Å²) in [5.74, 6) is 0.144. The molecule has 0 saturated carbocycles. The lowest BCUT2D eigenvalue weighted by atomic mass is 9.96. The molecule has 0 radical (unpaired) electrons. The Balaban J connectivity index is 1.56. The molecular formula is C31H35ClN4O. The van der Waals surface area contributed by atoms with Crippen molar-refractivity contribution in [3.05, 3.63) is 107 Å². The molecule has 1 N–H and O–H groups in total. The number of rotatable bonds is 12. The van der Waals surface area contributed by atoms with Gasteiger partial charge in [0.05, 0.1) is 18.1 Å². The normalized spacial score (nSPS) is 11.3. The zero-order chi connectivity index (χ0) is 26.0. The summed E-state index contributed by atoms with van der Waals surface area (Å²) in [4.78, 5) is 22.4. The molecule has 0 aliphatic carbocycles. The predicted molar refractivity (Wildman–Crippen MR) is 154 cm³/mol. The molecule has 0 fully saturated rings. The average molecular weight is 515 g/mol. The van der Waals surface area contributed by atoms with Crippen molar-refractivity contribution in [2.45, 2.75) is 26.3 Å². The molecule has 0 aliphatic heterocycles. The van der Waals surface area contributed by atoms with Crippen molar-refractivity contribution >= 4 is 34.1 Å². The lowest BCUT2D eigenvalue weighted by molar-refractivity contribution is -0.134. The Labute approximate surface area is 225 Å². The number of hydrogen-bond donors (Lipinski definition) is 1. The van der Waals surface area contributed by atoms with Crippen LogP contribution in [0.25, 0.3) is 10.9 Å². The Morgan fingerprint density at radius 1 is 0.919 bits per heavy atom. The van der Waals surface area contributed by atoms with Gasteiger partial charge >= 0.3 is 0 Å². The maximum Gasteiger partial charge on any atom is 0.237 e. The van der Waals surface area contributed by atoms with E-state index < -0.39 is 0 Å². The van der Waals surface area contributed by atoms with Gasteiger partial charge in [0.15, 0.2) is 0 Å². The van der Waals surface area contributed by atoms with E-state index in [1.807, 2.05) is 60.7 Å².